The van der Waals surface area contributed by atoms with E-state index in [-0.39, 0.29) is 0 Å². The van der Waals surface area contributed by atoms with Crippen molar-refractivity contribution in [3.05, 3.63) is 23.8 Å². The highest BCUT2D eigenvalue weighted by Gasteiger charge is 2.26. The molecule has 0 aromatic heterocycles. The van der Waals surface area contributed by atoms with E-state index in [1.165, 1.54) is 37.7 Å². The van der Waals surface area contributed by atoms with Crippen LogP contribution in [0.4, 0.5) is 0 Å². The number of rotatable bonds is 7. The fourth-order valence-corrected chi connectivity index (χ4v) is 4.42. The van der Waals surface area contributed by atoms with Crippen molar-refractivity contribution in [2.24, 2.45) is 0 Å². The number of carbonyl (C=O) groups is 1. The van der Waals surface area contributed by atoms with Gasteiger partial charge in [-0.05, 0) is 43.4 Å². The standard InChI is InChI=1S/C22H34N2O3/c1-26-20-12-11-18(17-21(20)27-2)7-6-10-22(25)24-15-13-23(14-16-24)19-8-4-3-5-9-19/h11-12,17,19H,3-10,13-16H2,1-2H3. The number of methoxy groups -OCH3 is 2. The molecule has 0 bridgehead atoms. The summed E-state index contributed by atoms with van der Waals surface area (Å²) in [6, 6.07) is 6.75. The molecular formula is C22H34N2O3. The Morgan fingerprint density at radius 3 is 2.37 bits per heavy atom. The molecule has 1 aromatic carbocycles. The van der Waals surface area contributed by atoms with Crippen LogP contribution in [0.15, 0.2) is 18.2 Å². The zero-order chi connectivity index (χ0) is 19.1. The zero-order valence-electron chi connectivity index (χ0n) is 16.9. The van der Waals surface area contributed by atoms with Crippen LogP contribution in [0.5, 0.6) is 11.5 Å². The molecule has 0 spiro atoms. The predicted molar refractivity (Wildman–Crippen MR) is 108 cm³/mol. The molecule has 150 valence electrons. The minimum absolute atomic E-state index is 0.304. The molecule has 0 atom stereocenters. The topological polar surface area (TPSA) is 42.0 Å². The van der Waals surface area contributed by atoms with Gasteiger partial charge in [-0.15, -0.1) is 0 Å². The van der Waals surface area contributed by atoms with Gasteiger partial charge >= 0.3 is 0 Å². The van der Waals surface area contributed by atoms with Gasteiger partial charge < -0.3 is 14.4 Å². The van der Waals surface area contributed by atoms with Crippen molar-refractivity contribution in [1.82, 2.24) is 9.80 Å². The molecule has 0 N–H and O–H groups in total. The van der Waals surface area contributed by atoms with Crippen molar-refractivity contribution < 1.29 is 14.3 Å². The average molecular weight is 375 g/mol. The van der Waals surface area contributed by atoms with Crippen LogP contribution in [0.1, 0.15) is 50.5 Å². The van der Waals surface area contributed by atoms with Crippen LogP contribution in [0, 0.1) is 0 Å². The quantitative estimate of drug-likeness (QED) is 0.732. The molecule has 1 heterocycles. The number of carbonyl (C=O) groups excluding carboxylic acids is 1. The lowest BCUT2D eigenvalue weighted by molar-refractivity contribution is -0.133. The van der Waals surface area contributed by atoms with E-state index < -0.39 is 0 Å². The molecule has 1 amide bonds. The highest BCUT2D eigenvalue weighted by molar-refractivity contribution is 5.76. The summed E-state index contributed by atoms with van der Waals surface area (Å²) in [6.45, 7) is 3.88. The molecule has 5 heteroatoms. The summed E-state index contributed by atoms with van der Waals surface area (Å²) >= 11 is 0. The van der Waals surface area contributed by atoms with Crippen molar-refractivity contribution in [2.75, 3.05) is 40.4 Å². The van der Waals surface area contributed by atoms with E-state index in [0.29, 0.717) is 12.3 Å². The summed E-state index contributed by atoms with van der Waals surface area (Å²) in [7, 11) is 3.29. The first-order chi connectivity index (χ1) is 13.2. The Morgan fingerprint density at radius 2 is 1.70 bits per heavy atom. The molecule has 1 saturated heterocycles. The first-order valence-corrected chi connectivity index (χ1v) is 10.4. The number of hydrogen-bond donors (Lipinski definition) is 0. The van der Waals surface area contributed by atoms with E-state index in [1.807, 2.05) is 12.1 Å². The molecule has 1 aliphatic carbocycles. The van der Waals surface area contributed by atoms with Crippen molar-refractivity contribution in [3.8, 4) is 11.5 Å². The van der Waals surface area contributed by atoms with Crippen molar-refractivity contribution >= 4 is 5.91 Å². The Kier molecular flexibility index (Phi) is 7.39. The SMILES string of the molecule is COc1ccc(CCCC(=O)N2CCN(C3CCCCC3)CC2)cc1OC. The Hall–Kier alpha value is -1.75. The zero-order valence-corrected chi connectivity index (χ0v) is 16.9. The third-order valence-corrected chi connectivity index (χ3v) is 6.06. The van der Waals surface area contributed by atoms with Gasteiger partial charge in [-0.1, -0.05) is 25.3 Å². The Balaban J connectivity index is 1.40. The van der Waals surface area contributed by atoms with Gasteiger partial charge in [0.15, 0.2) is 11.5 Å². The lowest BCUT2D eigenvalue weighted by atomic mass is 9.94. The molecular weight excluding hydrogens is 340 g/mol. The lowest BCUT2D eigenvalue weighted by Crippen LogP contribution is -2.52. The molecule has 1 aliphatic heterocycles. The summed E-state index contributed by atoms with van der Waals surface area (Å²) in [5, 5.41) is 0. The molecule has 1 aromatic rings. The Bertz CT molecular complexity index is 606. The van der Waals surface area contributed by atoms with Gasteiger partial charge in [0.1, 0.15) is 0 Å². The molecule has 2 aliphatic rings. The maximum absolute atomic E-state index is 12.6. The van der Waals surface area contributed by atoms with Crippen LogP contribution in [-0.4, -0.2) is 62.1 Å². The van der Waals surface area contributed by atoms with E-state index in [1.54, 1.807) is 14.2 Å². The third-order valence-electron chi connectivity index (χ3n) is 6.06. The second-order valence-corrected chi connectivity index (χ2v) is 7.75. The number of benzene rings is 1. The smallest absolute Gasteiger partial charge is 0.222 e. The van der Waals surface area contributed by atoms with Crippen LogP contribution in [0.25, 0.3) is 0 Å². The predicted octanol–water partition coefficient (Wildman–Crippen LogP) is 3.50. The minimum atomic E-state index is 0.304. The van der Waals surface area contributed by atoms with Gasteiger partial charge in [0.25, 0.3) is 0 Å². The van der Waals surface area contributed by atoms with Gasteiger partial charge in [0, 0.05) is 38.6 Å². The molecule has 5 nitrogen and oxygen atoms in total. The second kappa shape index (κ2) is 9.98. The van der Waals surface area contributed by atoms with Crippen molar-refractivity contribution in [2.45, 2.75) is 57.4 Å². The van der Waals surface area contributed by atoms with Crippen LogP contribution in [0.3, 0.4) is 0 Å². The highest BCUT2D eigenvalue weighted by atomic mass is 16.5. The van der Waals surface area contributed by atoms with E-state index in [4.69, 9.17) is 9.47 Å². The van der Waals surface area contributed by atoms with E-state index >= 15 is 0 Å². The number of hydrogen-bond acceptors (Lipinski definition) is 4. The number of amides is 1. The monoisotopic (exact) mass is 374 g/mol. The van der Waals surface area contributed by atoms with Gasteiger partial charge in [0.2, 0.25) is 5.91 Å². The average Bonchev–Trinajstić information content (AvgIpc) is 2.74. The molecule has 0 unspecified atom stereocenters. The van der Waals surface area contributed by atoms with Crippen molar-refractivity contribution in [3.63, 3.8) is 0 Å². The molecule has 27 heavy (non-hydrogen) atoms. The molecule has 0 radical (unpaired) electrons. The number of ether oxygens (including phenoxy) is 2. The van der Waals surface area contributed by atoms with Crippen LogP contribution in [-0.2, 0) is 11.2 Å². The number of piperazine rings is 1. The van der Waals surface area contributed by atoms with Gasteiger partial charge in [-0.25, -0.2) is 0 Å². The first kappa shape index (κ1) is 20.0. The first-order valence-electron chi connectivity index (χ1n) is 10.4. The Morgan fingerprint density at radius 1 is 1.00 bits per heavy atom. The lowest BCUT2D eigenvalue weighted by Gasteiger charge is -2.40. The van der Waals surface area contributed by atoms with Gasteiger partial charge in [-0.2, -0.15) is 0 Å². The molecule has 2 fully saturated rings. The maximum atomic E-state index is 12.6. The normalized spacial score (nSPS) is 19.1. The summed E-state index contributed by atoms with van der Waals surface area (Å²) in [6.07, 6.45) is 9.22. The highest BCUT2D eigenvalue weighted by Crippen LogP contribution is 2.28. The van der Waals surface area contributed by atoms with E-state index in [0.717, 1.165) is 56.6 Å². The number of aryl methyl sites for hydroxylation is 1. The minimum Gasteiger partial charge on any atom is -0.493 e. The summed E-state index contributed by atoms with van der Waals surface area (Å²) < 4.78 is 10.6. The number of nitrogens with zero attached hydrogens (tertiary/aromatic N) is 2. The summed E-state index contributed by atoms with van der Waals surface area (Å²) in [4.78, 5) is 17.2. The molecule has 3 rings (SSSR count). The van der Waals surface area contributed by atoms with Gasteiger partial charge in [0.05, 0.1) is 14.2 Å². The van der Waals surface area contributed by atoms with Crippen molar-refractivity contribution in [1.29, 1.82) is 0 Å². The summed E-state index contributed by atoms with van der Waals surface area (Å²) in [5.74, 6) is 1.80. The van der Waals surface area contributed by atoms with Gasteiger partial charge in [-0.3, -0.25) is 9.69 Å². The largest absolute Gasteiger partial charge is 0.493 e. The van der Waals surface area contributed by atoms with Crippen LogP contribution in [0.2, 0.25) is 0 Å². The Labute approximate surface area is 163 Å². The van der Waals surface area contributed by atoms with E-state index in [9.17, 15) is 4.79 Å². The molecule has 1 saturated carbocycles. The third kappa shape index (κ3) is 5.38. The van der Waals surface area contributed by atoms with Crippen LogP contribution < -0.4 is 9.47 Å². The fourth-order valence-electron chi connectivity index (χ4n) is 4.42. The second-order valence-electron chi connectivity index (χ2n) is 7.75. The summed E-state index contributed by atoms with van der Waals surface area (Å²) in [5.41, 5.74) is 1.18. The van der Waals surface area contributed by atoms with Crippen LogP contribution >= 0.6 is 0 Å². The van der Waals surface area contributed by atoms with E-state index in [2.05, 4.69) is 15.9 Å². The fraction of sp³-hybridized carbons (Fsp3) is 0.682. The maximum Gasteiger partial charge on any atom is 0.222 e.